The summed E-state index contributed by atoms with van der Waals surface area (Å²) in [5.41, 5.74) is 0.479. The van der Waals surface area contributed by atoms with Gasteiger partial charge in [-0.2, -0.15) is 0 Å². The van der Waals surface area contributed by atoms with Crippen LogP contribution < -0.4 is 0 Å². The molecule has 0 fully saturated rings. The molecule has 14 heavy (non-hydrogen) atoms. The van der Waals surface area contributed by atoms with E-state index in [-0.39, 0.29) is 0 Å². The highest BCUT2D eigenvalue weighted by atomic mass is 16.3. The first-order valence-electron chi connectivity index (χ1n) is 4.17. The van der Waals surface area contributed by atoms with Crippen LogP contribution in [0.1, 0.15) is 0 Å². The first-order chi connectivity index (χ1) is 6.93. The van der Waals surface area contributed by atoms with Gasteiger partial charge in [-0.25, -0.2) is 0 Å². The zero-order valence-electron chi connectivity index (χ0n) is 7.58. The lowest BCUT2D eigenvalue weighted by atomic mass is 10.3. The van der Waals surface area contributed by atoms with E-state index in [2.05, 4.69) is 10.2 Å². The van der Waals surface area contributed by atoms with E-state index in [0.29, 0.717) is 5.69 Å². The minimum atomic E-state index is 0.479. The van der Waals surface area contributed by atoms with Crippen LogP contribution in [0.4, 0.5) is 5.69 Å². The second kappa shape index (κ2) is 6.48. The van der Waals surface area contributed by atoms with Gasteiger partial charge in [0.25, 0.3) is 0 Å². The fourth-order valence-corrected chi connectivity index (χ4v) is 0.801. The summed E-state index contributed by atoms with van der Waals surface area (Å²) in [6.45, 7) is 0. The summed E-state index contributed by atoms with van der Waals surface area (Å²) in [6, 6.07) is 14.4. The lowest BCUT2D eigenvalue weighted by Gasteiger charge is -1.80. The molecule has 0 radical (unpaired) electrons. The van der Waals surface area contributed by atoms with E-state index in [9.17, 15) is 4.91 Å². The Kier molecular flexibility index (Phi) is 4.65. The average molecular weight is 186 g/mol. The van der Waals surface area contributed by atoms with Gasteiger partial charge in [0.2, 0.25) is 0 Å². The SMILES string of the molecule is O=Nc1ccccc1.c1ccncc1. The molecule has 0 amide bonds. The first kappa shape index (κ1) is 10.1. The Labute approximate surface area is 82.4 Å². The van der Waals surface area contributed by atoms with Gasteiger partial charge in [-0.05, 0) is 29.4 Å². The Morgan fingerprint density at radius 1 is 0.857 bits per heavy atom. The minimum Gasteiger partial charge on any atom is -0.265 e. The summed E-state index contributed by atoms with van der Waals surface area (Å²) in [6.07, 6.45) is 3.50. The molecule has 1 aromatic carbocycles. The average Bonchev–Trinajstić information content (AvgIpc) is 2.33. The van der Waals surface area contributed by atoms with Crippen LogP contribution in [0, 0.1) is 4.91 Å². The number of hydrogen-bond donors (Lipinski definition) is 0. The van der Waals surface area contributed by atoms with Gasteiger partial charge in [0.15, 0.2) is 0 Å². The number of hydrogen-bond acceptors (Lipinski definition) is 3. The van der Waals surface area contributed by atoms with Gasteiger partial charge in [0, 0.05) is 12.4 Å². The van der Waals surface area contributed by atoms with Crippen LogP contribution in [0.5, 0.6) is 0 Å². The zero-order valence-corrected chi connectivity index (χ0v) is 7.58. The molecule has 3 heteroatoms. The Morgan fingerprint density at radius 2 is 1.43 bits per heavy atom. The lowest BCUT2D eigenvalue weighted by molar-refractivity contribution is 1.33. The van der Waals surface area contributed by atoms with Gasteiger partial charge in [0.1, 0.15) is 5.69 Å². The maximum Gasteiger partial charge on any atom is 0.107 e. The summed E-state index contributed by atoms with van der Waals surface area (Å²) in [7, 11) is 0. The van der Waals surface area contributed by atoms with Gasteiger partial charge in [-0.1, -0.05) is 24.3 Å². The molecule has 0 saturated carbocycles. The lowest BCUT2D eigenvalue weighted by Crippen LogP contribution is -1.58. The van der Waals surface area contributed by atoms with Crippen LogP contribution in [0.3, 0.4) is 0 Å². The molecule has 3 nitrogen and oxygen atoms in total. The van der Waals surface area contributed by atoms with Crippen LogP contribution >= 0.6 is 0 Å². The van der Waals surface area contributed by atoms with E-state index in [4.69, 9.17) is 0 Å². The third kappa shape index (κ3) is 4.11. The van der Waals surface area contributed by atoms with Crippen molar-refractivity contribution >= 4 is 5.69 Å². The molecular weight excluding hydrogens is 176 g/mol. The molecule has 1 aromatic heterocycles. The number of nitrogens with zero attached hydrogens (tertiary/aromatic N) is 2. The Morgan fingerprint density at radius 3 is 1.71 bits per heavy atom. The standard InChI is InChI=1S/C6H5NO.C5H5N/c8-7-6-4-2-1-3-5-6;1-2-4-6-5-3-1/h1-5H;1-5H. The fraction of sp³-hybridized carbons (Fsp3) is 0. The maximum absolute atomic E-state index is 9.76. The van der Waals surface area contributed by atoms with E-state index in [1.165, 1.54) is 0 Å². The Balaban J connectivity index is 0.000000146. The van der Waals surface area contributed by atoms with Crippen molar-refractivity contribution in [3.8, 4) is 0 Å². The number of aromatic nitrogens is 1. The van der Waals surface area contributed by atoms with Crippen molar-refractivity contribution in [3.05, 3.63) is 65.8 Å². The topological polar surface area (TPSA) is 42.3 Å². The molecule has 0 N–H and O–H groups in total. The molecule has 2 aromatic rings. The van der Waals surface area contributed by atoms with E-state index < -0.39 is 0 Å². The van der Waals surface area contributed by atoms with Crippen LogP contribution in [0.15, 0.2) is 66.1 Å². The van der Waals surface area contributed by atoms with Crippen molar-refractivity contribution in [1.82, 2.24) is 4.98 Å². The van der Waals surface area contributed by atoms with Crippen molar-refractivity contribution in [3.63, 3.8) is 0 Å². The van der Waals surface area contributed by atoms with E-state index in [1.54, 1.807) is 36.7 Å². The molecule has 0 bridgehead atoms. The van der Waals surface area contributed by atoms with Gasteiger partial charge < -0.3 is 0 Å². The largest absolute Gasteiger partial charge is 0.265 e. The molecule has 0 aliphatic heterocycles. The van der Waals surface area contributed by atoms with E-state index >= 15 is 0 Å². The third-order valence-electron chi connectivity index (χ3n) is 1.43. The molecule has 70 valence electrons. The second-order valence-corrected chi connectivity index (χ2v) is 2.45. The second-order valence-electron chi connectivity index (χ2n) is 2.45. The number of pyridine rings is 1. The highest BCUT2D eigenvalue weighted by Gasteiger charge is 1.81. The summed E-state index contributed by atoms with van der Waals surface area (Å²) in [4.78, 5) is 13.5. The van der Waals surface area contributed by atoms with Gasteiger partial charge in [-0.3, -0.25) is 4.98 Å². The predicted octanol–water partition coefficient (Wildman–Crippen LogP) is 3.17. The number of rotatable bonds is 1. The molecule has 2 rings (SSSR count). The predicted molar refractivity (Wildman–Crippen MR) is 56.1 cm³/mol. The van der Waals surface area contributed by atoms with Crippen molar-refractivity contribution in [2.45, 2.75) is 0 Å². The molecule has 0 aliphatic carbocycles. The van der Waals surface area contributed by atoms with Gasteiger partial charge in [0.05, 0.1) is 0 Å². The normalized spacial score (nSPS) is 8.29. The maximum atomic E-state index is 9.76. The summed E-state index contributed by atoms with van der Waals surface area (Å²) in [5, 5.41) is 2.72. The zero-order chi connectivity index (χ0) is 10.1. The number of nitroso groups, excluding NO2 is 1. The quantitative estimate of drug-likeness (QED) is 0.642. The molecular formula is C11H10N2O. The van der Waals surface area contributed by atoms with Crippen LogP contribution in [-0.4, -0.2) is 4.98 Å². The summed E-state index contributed by atoms with van der Waals surface area (Å²) in [5.74, 6) is 0. The Hall–Kier alpha value is -2.03. The number of benzene rings is 1. The minimum absolute atomic E-state index is 0.479. The van der Waals surface area contributed by atoms with E-state index in [1.807, 2.05) is 24.3 Å². The third-order valence-corrected chi connectivity index (χ3v) is 1.43. The summed E-state index contributed by atoms with van der Waals surface area (Å²) >= 11 is 0. The van der Waals surface area contributed by atoms with Crippen molar-refractivity contribution < 1.29 is 0 Å². The monoisotopic (exact) mass is 186 g/mol. The van der Waals surface area contributed by atoms with Crippen LogP contribution in [-0.2, 0) is 0 Å². The molecule has 0 atom stereocenters. The summed E-state index contributed by atoms with van der Waals surface area (Å²) < 4.78 is 0. The van der Waals surface area contributed by atoms with Gasteiger partial charge in [-0.15, -0.1) is 4.91 Å². The highest BCUT2D eigenvalue weighted by molar-refractivity contribution is 5.34. The first-order valence-corrected chi connectivity index (χ1v) is 4.17. The molecule has 0 unspecified atom stereocenters. The smallest absolute Gasteiger partial charge is 0.107 e. The van der Waals surface area contributed by atoms with Crippen LogP contribution in [0.2, 0.25) is 0 Å². The molecule has 0 aliphatic rings. The van der Waals surface area contributed by atoms with Crippen LogP contribution in [0.25, 0.3) is 0 Å². The highest BCUT2D eigenvalue weighted by Crippen LogP contribution is 2.07. The van der Waals surface area contributed by atoms with Crippen molar-refractivity contribution in [2.24, 2.45) is 5.18 Å². The fourth-order valence-electron chi connectivity index (χ4n) is 0.801. The van der Waals surface area contributed by atoms with E-state index in [0.717, 1.165) is 0 Å². The molecule has 0 spiro atoms. The molecule has 0 saturated heterocycles. The Bertz CT molecular complexity index is 321. The van der Waals surface area contributed by atoms with Gasteiger partial charge >= 0.3 is 0 Å². The molecule has 1 heterocycles. The van der Waals surface area contributed by atoms with Crippen molar-refractivity contribution in [1.29, 1.82) is 0 Å². The van der Waals surface area contributed by atoms with Crippen molar-refractivity contribution in [2.75, 3.05) is 0 Å².